The molecule has 0 saturated heterocycles. The highest BCUT2D eigenvalue weighted by molar-refractivity contribution is 6.05. The Morgan fingerprint density at radius 2 is 1.57 bits per heavy atom. The van der Waals surface area contributed by atoms with Crippen molar-refractivity contribution in [3.63, 3.8) is 0 Å². The molecule has 0 fully saturated rings. The van der Waals surface area contributed by atoms with Gasteiger partial charge in [-0.15, -0.1) is 0 Å². The quantitative estimate of drug-likeness (QED) is 0.145. The van der Waals surface area contributed by atoms with Gasteiger partial charge in [-0.25, -0.2) is 10.2 Å². The number of nitrogens with zero attached hydrogens (tertiary/aromatic N) is 1. The third-order valence-electron chi connectivity index (χ3n) is 5.80. The van der Waals surface area contributed by atoms with E-state index < -0.39 is 11.9 Å². The smallest absolute Gasteiger partial charge is 0.343 e. The fourth-order valence-corrected chi connectivity index (χ4v) is 3.79. The second kappa shape index (κ2) is 11.8. The molecule has 0 spiro atoms. The predicted octanol–water partition coefficient (Wildman–Crippen LogP) is 4.66. The lowest BCUT2D eigenvalue weighted by Gasteiger charge is -2.10. The number of carbonyl (C=O) groups excluding carboxylic acids is 3. The third-order valence-corrected chi connectivity index (χ3v) is 5.80. The van der Waals surface area contributed by atoms with Crippen LogP contribution in [0.4, 0.5) is 5.69 Å². The monoisotopic (exact) mass is 537 g/mol. The average molecular weight is 538 g/mol. The van der Waals surface area contributed by atoms with Crippen LogP contribution in [0.15, 0.2) is 96.1 Å². The number of hydrogen-bond donors (Lipinski definition) is 2. The van der Waals surface area contributed by atoms with Crippen LogP contribution < -0.4 is 29.7 Å². The van der Waals surface area contributed by atoms with Crippen LogP contribution in [0.3, 0.4) is 0 Å². The fourth-order valence-electron chi connectivity index (χ4n) is 3.79. The molecular formula is C30H23N3O7. The third kappa shape index (κ3) is 6.08. The number of hydrazone groups is 1. The highest BCUT2D eigenvalue weighted by atomic mass is 16.7. The summed E-state index contributed by atoms with van der Waals surface area (Å²) in [6.07, 6.45) is 1.42. The van der Waals surface area contributed by atoms with Gasteiger partial charge in [0.15, 0.2) is 23.0 Å². The minimum Gasteiger partial charge on any atom is -0.493 e. The first-order valence-electron chi connectivity index (χ1n) is 12.1. The summed E-state index contributed by atoms with van der Waals surface area (Å²) in [4.78, 5) is 37.6. The summed E-state index contributed by atoms with van der Waals surface area (Å²) in [6, 6.07) is 24.9. The number of rotatable bonds is 8. The van der Waals surface area contributed by atoms with E-state index in [2.05, 4.69) is 15.8 Å². The summed E-state index contributed by atoms with van der Waals surface area (Å²) in [5.41, 5.74) is 4.63. The fraction of sp³-hybridized carbons (Fsp3) is 0.0667. The minimum absolute atomic E-state index is 0.102. The van der Waals surface area contributed by atoms with E-state index in [1.54, 1.807) is 84.9 Å². The maximum absolute atomic E-state index is 12.6. The first-order chi connectivity index (χ1) is 19.5. The van der Waals surface area contributed by atoms with E-state index in [4.69, 9.17) is 18.9 Å². The Bertz CT molecular complexity index is 1600. The van der Waals surface area contributed by atoms with Crippen LogP contribution >= 0.6 is 0 Å². The first-order valence-corrected chi connectivity index (χ1v) is 12.1. The number of methoxy groups -OCH3 is 1. The van der Waals surface area contributed by atoms with E-state index in [1.807, 2.05) is 6.07 Å². The maximum Gasteiger partial charge on any atom is 0.343 e. The summed E-state index contributed by atoms with van der Waals surface area (Å²) in [7, 11) is 1.44. The largest absolute Gasteiger partial charge is 0.493 e. The molecule has 0 bridgehead atoms. The molecule has 0 atom stereocenters. The number of carbonyl (C=O) groups is 3. The van der Waals surface area contributed by atoms with E-state index in [1.165, 1.54) is 13.3 Å². The van der Waals surface area contributed by atoms with Crippen LogP contribution in [0.5, 0.6) is 23.0 Å². The van der Waals surface area contributed by atoms with Crippen LogP contribution in [0, 0.1) is 0 Å². The zero-order valence-corrected chi connectivity index (χ0v) is 21.2. The van der Waals surface area contributed by atoms with Crippen molar-refractivity contribution in [1.29, 1.82) is 0 Å². The Balaban J connectivity index is 1.20. The number of anilines is 1. The highest BCUT2D eigenvalue weighted by Crippen LogP contribution is 2.34. The molecule has 0 aliphatic carbocycles. The molecule has 10 heteroatoms. The number of esters is 1. The number of benzene rings is 4. The van der Waals surface area contributed by atoms with E-state index in [9.17, 15) is 14.4 Å². The van der Waals surface area contributed by atoms with Crippen LogP contribution in [0.2, 0.25) is 0 Å². The number of hydrogen-bond acceptors (Lipinski definition) is 8. The molecular weight excluding hydrogens is 514 g/mol. The Labute approximate surface area is 229 Å². The van der Waals surface area contributed by atoms with Gasteiger partial charge in [0.2, 0.25) is 6.79 Å². The first kappa shape index (κ1) is 26.0. The molecule has 0 aromatic heterocycles. The van der Waals surface area contributed by atoms with Crippen LogP contribution in [0.1, 0.15) is 36.6 Å². The zero-order valence-electron chi connectivity index (χ0n) is 21.2. The molecule has 10 nitrogen and oxygen atoms in total. The lowest BCUT2D eigenvalue weighted by atomic mass is 10.1. The van der Waals surface area contributed by atoms with Gasteiger partial charge in [0.25, 0.3) is 11.8 Å². The summed E-state index contributed by atoms with van der Waals surface area (Å²) in [5.74, 6) is 0.203. The van der Waals surface area contributed by atoms with E-state index >= 15 is 0 Å². The zero-order chi connectivity index (χ0) is 27.9. The summed E-state index contributed by atoms with van der Waals surface area (Å²) in [6.45, 7) is 0.102. The van der Waals surface area contributed by atoms with Gasteiger partial charge in [-0.3, -0.25) is 9.59 Å². The molecule has 1 heterocycles. The molecule has 2 N–H and O–H groups in total. The van der Waals surface area contributed by atoms with E-state index in [0.717, 1.165) is 0 Å². The van der Waals surface area contributed by atoms with Crippen LogP contribution in [0.25, 0.3) is 0 Å². The van der Waals surface area contributed by atoms with Gasteiger partial charge >= 0.3 is 5.97 Å². The van der Waals surface area contributed by atoms with Gasteiger partial charge in [0, 0.05) is 16.8 Å². The lowest BCUT2D eigenvalue weighted by molar-refractivity contribution is 0.0728. The number of nitrogens with one attached hydrogen (secondary N) is 2. The molecule has 0 radical (unpaired) electrons. The van der Waals surface area contributed by atoms with Crippen LogP contribution in [-0.2, 0) is 0 Å². The van der Waals surface area contributed by atoms with Crippen molar-refractivity contribution in [2.24, 2.45) is 5.10 Å². The second-order valence-corrected chi connectivity index (χ2v) is 8.47. The Morgan fingerprint density at radius 3 is 2.40 bits per heavy atom. The van der Waals surface area contributed by atoms with Gasteiger partial charge in [-0.05, 0) is 72.3 Å². The van der Waals surface area contributed by atoms with Crippen molar-refractivity contribution in [3.05, 3.63) is 113 Å². The van der Waals surface area contributed by atoms with Gasteiger partial charge in [0.1, 0.15) is 0 Å². The lowest BCUT2D eigenvalue weighted by Crippen LogP contribution is -2.18. The number of amides is 2. The molecule has 5 rings (SSSR count). The molecule has 0 unspecified atom stereocenters. The molecule has 4 aromatic carbocycles. The van der Waals surface area contributed by atoms with Crippen molar-refractivity contribution in [1.82, 2.24) is 5.43 Å². The standard InChI is InChI=1S/C30H23N3O7/c1-37-26-14-19(10-12-25(26)40-30(36)22-11-13-24-27(16-22)39-18-38-24)17-31-33-29(35)21-8-5-9-23(15-21)32-28(34)20-6-3-2-4-7-20/h2-17H,18H2,1H3,(H,32,34)(H,33,35). The van der Waals surface area contributed by atoms with Crippen molar-refractivity contribution in [3.8, 4) is 23.0 Å². The molecule has 200 valence electrons. The number of fused-ring (bicyclic) bond motifs is 1. The summed E-state index contributed by atoms with van der Waals surface area (Å²) in [5, 5.41) is 6.77. The van der Waals surface area contributed by atoms with Gasteiger partial charge in [-0.2, -0.15) is 5.10 Å². The van der Waals surface area contributed by atoms with Gasteiger partial charge < -0.3 is 24.3 Å². The highest BCUT2D eigenvalue weighted by Gasteiger charge is 2.19. The SMILES string of the molecule is COc1cc(C=NNC(=O)c2cccc(NC(=O)c3ccccc3)c2)ccc1OC(=O)c1ccc2c(c1)OCO2. The molecule has 2 amide bonds. The maximum atomic E-state index is 12.6. The van der Waals surface area contributed by atoms with Crippen molar-refractivity contribution < 1.29 is 33.3 Å². The normalized spacial score (nSPS) is 11.6. The summed E-state index contributed by atoms with van der Waals surface area (Å²) >= 11 is 0. The minimum atomic E-state index is -0.590. The van der Waals surface area contributed by atoms with Gasteiger partial charge in [-0.1, -0.05) is 24.3 Å². The molecule has 0 saturated carbocycles. The Kier molecular flexibility index (Phi) is 7.68. The molecule has 1 aliphatic rings. The average Bonchev–Trinajstić information content (AvgIpc) is 3.46. The van der Waals surface area contributed by atoms with E-state index in [-0.39, 0.29) is 18.4 Å². The summed E-state index contributed by atoms with van der Waals surface area (Å²) < 4.78 is 21.4. The van der Waals surface area contributed by atoms with Crippen molar-refractivity contribution >= 4 is 29.7 Å². The predicted molar refractivity (Wildman–Crippen MR) is 146 cm³/mol. The van der Waals surface area contributed by atoms with E-state index in [0.29, 0.717) is 45.2 Å². The molecule has 1 aliphatic heterocycles. The number of ether oxygens (including phenoxy) is 4. The Hall–Kier alpha value is -5.64. The van der Waals surface area contributed by atoms with Crippen molar-refractivity contribution in [2.75, 3.05) is 19.2 Å². The second-order valence-electron chi connectivity index (χ2n) is 8.47. The molecule has 40 heavy (non-hydrogen) atoms. The van der Waals surface area contributed by atoms with Gasteiger partial charge in [0.05, 0.1) is 18.9 Å². The van der Waals surface area contributed by atoms with Crippen LogP contribution in [-0.4, -0.2) is 37.9 Å². The topological polar surface area (TPSA) is 125 Å². The van der Waals surface area contributed by atoms with Crippen molar-refractivity contribution in [2.45, 2.75) is 0 Å². The molecule has 4 aromatic rings. The Morgan fingerprint density at radius 1 is 0.775 bits per heavy atom.